The van der Waals surface area contributed by atoms with Crippen molar-refractivity contribution in [3.8, 4) is 0 Å². The minimum absolute atomic E-state index is 0.0394. The first-order chi connectivity index (χ1) is 13.8. The van der Waals surface area contributed by atoms with Crippen LogP contribution in [0, 0.1) is 0 Å². The topological polar surface area (TPSA) is 79.5 Å². The molecule has 1 aromatic carbocycles. The van der Waals surface area contributed by atoms with E-state index in [-0.39, 0.29) is 12.0 Å². The molecule has 0 saturated carbocycles. The summed E-state index contributed by atoms with van der Waals surface area (Å²) in [7, 11) is 0. The van der Waals surface area contributed by atoms with E-state index in [9.17, 15) is 4.79 Å². The van der Waals surface area contributed by atoms with Crippen LogP contribution in [0.25, 0.3) is 10.9 Å². The molecule has 7 nitrogen and oxygen atoms in total. The molecule has 0 bridgehead atoms. The van der Waals surface area contributed by atoms with Gasteiger partial charge in [-0.05, 0) is 12.1 Å². The average molecular weight is 398 g/mol. The molecule has 3 aromatic rings. The molecule has 146 valence electrons. The Hall–Kier alpha value is -2.42. The second-order valence-corrected chi connectivity index (χ2v) is 8.17. The number of H-pyrrole nitrogens is 1. The number of amides is 1. The number of rotatable bonds is 4. The number of fused-ring (bicyclic) bond motifs is 2. The number of nitrogens with one attached hydrogen (secondary N) is 2. The van der Waals surface area contributed by atoms with Crippen molar-refractivity contribution in [1.82, 2.24) is 14.9 Å². The molecule has 8 heteroatoms. The Morgan fingerprint density at radius 2 is 2.29 bits per heavy atom. The third-order valence-electron chi connectivity index (χ3n) is 5.14. The van der Waals surface area contributed by atoms with Gasteiger partial charge in [-0.3, -0.25) is 4.79 Å². The van der Waals surface area contributed by atoms with Crippen molar-refractivity contribution in [2.45, 2.75) is 19.1 Å². The van der Waals surface area contributed by atoms with E-state index in [0.717, 1.165) is 33.0 Å². The zero-order valence-corrected chi connectivity index (χ0v) is 16.3. The molecular formula is C20H22N4O3S. The molecular weight excluding hydrogens is 376 g/mol. The lowest BCUT2D eigenvalue weighted by atomic mass is 10.1. The summed E-state index contributed by atoms with van der Waals surface area (Å²) in [6, 6.07) is 9.88. The van der Waals surface area contributed by atoms with Gasteiger partial charge in [0.15, 0.2) is 5.13 Å². The first-order valence-corrected chi connectivity index (χ1v) is 10.4. The molecule has 2 aliphatic rings. The van der Waals surface area contributed by atoms with Gasteiger partial charge in [0.2, 0.25) is 0 Å². The van der Waals surface area contributed by atoms with Crippen LogP contribution in [0.1, 0.15) is 21.1 Å². The van der Waals surface area contributed by atoms with Gasteiger partial charge >= 0.3 is 0 Å². The third-order valence-corrected chi connectivity index (χ3v) is 6.18. The van der Waals surface area contributed by atoms with Gasteiger partial charge in [0.05, 0.1) is 38.2 Å². The Labute approximate surface area is 166 Å². The highest BCUT2D eigenvalue weighted by Gasteiger charge is 2.26. The molecule has 4 heterocycles. The van der Waals surface area contributed by atoms with Crippen LogP contribution in [-0.2, 0) is 22.4 Å². The standard InChI is InChI=1S/C20H22N4O3S/c25-19(17-9-13-3-1-2-4-15(13)22-17)24-6-5-16-18(11-24)28-20(23-16)21-10-14-12-26-7-8-27-14/h1-4,9,14,22H,5-8,10-12H2,(H,21,23). The Morgan fingerprint density at radius 1 is 1.36 bits per heavy atom. The molecule has 2 aromatic heterocycles. The van der Waals surface area contributed by atoms with Crippen LogP contribution in [0.4, 0.5) is 5.13 Å². The lowest BCUT2D eigenvalue weighted by Crippen LogP contribution is -2.35. The summed E-state index contributed by atoms with van der Waals surface area (Å²) >= 11 is 1.62. The average Bonchev–Trinajstić information content (AvgIpc) is 3.35. The molecule has 1 unspecified atom stereocenters. The summed E-state index contributed by atoms with van der Waals surface area (Å²) in [5.41, 5.74) is 2.72. The van der Waals surface area contributed by atoms with Crippen LogP contribution in [0.2, 0.25) is 0 Å². The molecule has 1 atom stereocenters. The molecule has 2 N–H and O–H groups in total. The number of nitrogens with zero attached hydrogens (tertiary/aromatic N) is 2. The smallest absolute Gasteiger partial charge is 0.270 e. The maximum atomic E-state index is 13.0. The molecule has 1 amide bonds. The maximum Gasteiger partial charge on any atom is 0.270 e. The van der Waals surface area contributed by atoms with Crippen molar-refractivity contribution in [1.29, 1.82) is 0 Å². The fourth-order valence-electron chi connectivity index (χ4n) is 3.66. The number of benzene rings is 1. The molecule has 0 radical (unpaired) electrons. The van der Waals surface area contributed by atoms with Gasteiger partial charge in [-0.25, -0.2) is 4.98 Å². The van der Waals surface area contributed by atoms with Crippen molar-refractivity contribution < 1.29 is 14.3 Å². The number of aromatic nitrogens is 2. The van der Waals surface area contributed by atoms with Crippen molar-refractivity contribution in [3.63, 3.8) is 0 Å². The van der Waals surface area contributed by atoms with E-state index < -0.39 is 0 Å². The van der Waals surface area contributed by atoms with Crippen molar-refractivity contribution in [3.05, 3.63) is 46.6 Å². The minimum Gasteiger partial charge on any atom is -0.376 e. The van der Waals surface area contributed by atoms with Crippen molar-refractivity contribution >= 4 is 33.3 Å². The van der Waals surface area contributed by atoms with Gasteiger partial charge in [0.25, 0.3) is 5.91 Å². The number of para-hydroxylation sites is 1. The quantitative estimate of drug-likeness (QED) is 0.706. The lowest BCUT2D eigenvalue weighted by Gasteiger charge is -2.25. The van der Waals surface area contributed by atoms with E-state index in [2.05, 4.69) is 10.3 Å². The van der Waals surface area contributed by atoms with E-state index in [1.165, 1.54) is 0 Å². The predicted molar refractivity (Wildman–Crippen MR) is 108 cm³/mol. The SMILES string of the molecule is O=C(c1cc2ccccc2[nH]1)N1CCc2nc(NCC3COCCO3)sc2C1. The maximum absolute atomic E-state index is 13.0. The molecule has 0 aliphatic carbocycles. The number of carbonyl (C=O) groups is 1. The summed E-state index contributed by atoms with van der Waals surface area (Å²) in [6.07, 6.45) is 0.845. The number of hydrogen-bond acceptors (Lipinski definition) is 6. The summed E-state index contributed by atoms with van der Waals surface area (Å²) in [5, 5.41) is 5.30. The number of thiazole rings is 1. The van der Waals surface area contributed by atoms with Gasteiger partial charge in [0.1, 0.15) is 5.69 Å². The predicted octanol–water partition coefficient (Wildman–Crippen LogP) is 2.65. The Bertz CT molecular complexity index is 959. The van der Waals surface area contributed by atoms with Crippen LogP contribution in [0.5, 0.6) is 0 Å². The second-order valence-electron chi connectivity index (χ2n) is 7.08. The zero-order valence-electron chi connectivity index (χ0n) is 15.4. The van der Waals surface area contributed by atoms with Gasteiger partial charge in [-0.1, -0.05) is 29.5 Å². The third kappa shape index (κ3) is 3.50. The highest BCUT2D eigenvalue weighted by molar-refractivity contribution is 7.15. The number of ether oxygens (including phenoxy) is 2. The first kappa shape index (κ1) is 17.7. The highest BCUT2D eigenvalue weighted by atomic mass is 32.1. The lowest BCUT2D eigenvalue weighted by molar-refractivity contribution is -0.0818. The number of carbonyl (C=O) groups excluding carboxylic acids is 1. The Morgan fingerprint density at radius 3 is 3.14 bits per heavy atom. The van der Waals surface area contributed by atoms with Crippen LogP contribution in [-0.4, -0.2) is 59.8 Å². The van der Waals surface area contributed by atoms with Gasteiger partial charge in [0, 0.05) is 35.3 Å². The molecule has 1 fully saturated rings. The second kappa shape index (κ2) is 7.54. The molecule has 5 rings (SSSR count). The van der Waals surface area contributed by atoms with E-state index in [1.807, 2.05) is 35.2 Å². The monoisotopic (exact) mass is 398 g/mol. The van der Waals surface area contributed by atoms with Crippen LogP contribution >= 0.6 is 11.3 Å². The van der Waals surface area contributed by atoms with E-state index in [4.69, 9.17) is 14.5 Å². The van der Waals surface area contributed by atoms with Crippen molar-refractivity contribution in [2.75, 3.05) is 38.2 Å². The fourth-order valence-corrected chi connectivity index (χ4v) is 4.69. The number of hydrogen-bond donors (Lipinski definition) is 2. The highest BCUT2D eigenvalue weighted by Crippen LogP contribution is 2.29. The Balaban J connectivity index is 1.25. The van der Waals surface area contributed by atoms with Gasteiger partial charge < -0.3 is 24.7 Å². The molecule has 0 spiro atoms. The van der Waals surface area contributed by atoms with Gasteiger partial charge in [-0.2, -0.15) is 0 Å². The Kier molecular flexibility index (Phi) is 4.76. The first-order valence-electron chi connectivity index (χ1n) is 9.55. The van der Waals surface area contributed by atoms with E-state index in [1.54, 1.807) is 11.3 Å². The number of anilines is 1. The van der Waals surface area contributed by atoms with Crippen LogP contribution in [0.3, 0.4) is 0 Å². The normalized spacial score (nSPS) is 19.6. The fraction of sp³-hybridized carbons (Fsp3) is 0.400. The summed E-state index contributed by atoms with van der Waals surface area (Å²) in [6.45, 7) is 3.90. The van der Waals surface area contributed by atoms with Crippen LogP contribution in [0.15, 0.2) is 30.3 Å². The molecule has 1 saturated heterocycles. The summed E-state index contributed by atoms with van der Waals surface area (Å²) in [5.74, 6) is 0.0394. The van der Waals surface area contributed by atoms with E-state index in [0.29, 0.717) is 45.1 Å². The van der Waals surface area contributed by atoms with E-state index >= 15 is 0 Å². The summed E-state index contributed by atoms with van der Waals surface area (Å²) in [4.78, 5) is 23.9. The molecule has 2 aliphatic heterocycles. The largest absolute Gasteiger partial charge is 0.376 e. The summed E-state index contributed by atoms with van der Waals surface area (Å²) < 4.78 is 11.1. The molecule has 28 heavy (non-hydrogen) atoms. The van der Waals surface area contributed by atoms with Crippen LogP contribution < -0.4 is 5.32 Å². The van der Waals surface area contributed by atoms with Crippen molar-refractivity contribution in [2.24, 2.45) is 0 Å². The van der Waals surface area contributed by atoms with Gasteiger partial charge in [-0.15, -0.1) is 0 Å². The number of aromatic amines is 1. The minimum atomic E-state index is 0.0394. The zero-order chi connectivity index (χ0) is 18.9.